The molecule has 0 atom stereocenters. The van der Waals surface area contributed by atoms with Crippen LogP contribution in [0.15, 0.2) is 43.0 Å². The van der Waals surface area contributed by atoms with Crippen molar-refractivity contribution in [1.82, 2.24) is 20.4 Å². The Labute approximate surface area is 171 Å². The molecule has 0 spiro atoms. The maximum absolute atomic E-state index is 13.1. The Morgan fingerprint density at radius 3 is 2.66 bits per heavy atom. The van der Waals surface area contributed by atoms with Crippen LogP contribution in [0.5, 0.6) is 0 Å². The summed E-state index contributed by atoms with van der Waals surface area (Å²) in [4.78, 5) is 34.6. The molecule has 152 valence electrons. The summed E-state index contributed by atoms with van der Waals surface area (Å²) in [5.74, 6) is -1.98. The van der Waals surface area contributed by atoms with E-state index in [1.54, 1.807) is 6.92 Å². The summed E-state index contributed by atoms with van der Waals surface area (Å²) in [6.07, 6.45) is 3.91. The van der Waals surface area contributed by atoms with E-state index in [1.165, 1.54) is 41.1 Å². The third kappa shape index (κ3) is 6.28. The smallest absolute Gasteiger partial charge is 0.331 e. The van der Waals surface area contributed by atoms with E-state index >= 15 is 0 Å². The van der Waals surface area contributed by atoms with Gasteiger partial charge in [0.15, 0.2) is 6.61 Å². The number of hydrogen-bond acceptors (Lipinski definition) is 5. The first-order valence-electron chi connectivity index (χ1n) is 8.36. The molecule has 0 radical (unpaired) electrons. The Morgan fingerprint density at radius 2 is 2.00 bits per heavy atom. The van der Waals surface area contributed by atoms with Crippen LogP contribution in [0.4, 0.5) is 9.18 Å². The number of carbonyl (C=O) groups is 3. The highest BCUT2D eigenvalue weighted by molar-refractivity contribution is 6.31. The van der Waals surface area contributed by atoms with Crippen LogP contribution in [0.25, 0.3) is 11.8 Å². The molecule has 2 aromatic rings. The van der Waals surface area contributed by atoms with Crippen molar-refractivity contribution >= 4 is 35.6 Å². The zero-order chi connectivity index (χ0) is 21.4. The Bertz CT molecular complexity index is 954. The first-order chi connectivity index (χ1) is 13.8. The molecule has 0 aliphatic rings. The highest BCUT2D eigenvalue weighted by Crippen LogP contribution is 2.24. The van der Waals surface area contributed by atoms with Crippen LogP contribution < -0.4 is 10.6 Å². The van der Waals surface area contributed by atoms with Gasteiger partial charge in [-0.1, -0.05) is 17.7 Å². The van der Waals surface area contributed by atoms with Gasteiger partial charge in [-0.15, -0.1) is 6.58 Å². The number of carbonyl (C=O) groups excluding carboxylic acids is 3. The predicted octanol–water partition coefficient (Wildman–Crippen LogP) is 2.54. The summed E-state index contributed by atoms with van der Waals surface area (Å²) < 4.78 is 19.2. The van der Waals surface area contributed by atoms with Gasteiger partial charge in [0.05, 0.1) is 11.4 Å². The summed E-state index contributed by atoms with van der Waals surface area (Å²) in [5, 5.41) is 8.81. The van der Waals surface area contributed by atoms with Crippen LogP contribution in [0.2, 0.25) is 5.15 Å². The minimum absolute atomic E-state index is 0.188. The van der Waals surface area contributed by atoms with Crippen LogP contribution in [-0.4, -0.2) is 40.8 Å². The molecule has 0 aliphatic carbocycles. The number of ether oxygens (including phenoxy) is 1. The molecular weight excluding hydrogens is 403 g/mol. The summed E-state index contributed by atoms with van der Waals surface area (Å²) in [5.41, 5.74) is 1.54. The number of nitrogens with one attached hydrogen (secondary N) is 2. The number of benzene rings is 1. The number of aryl methyl sites for hydroxylation is 1. The number of esters is 1. The number of nitrogens with zero attached hydrogens (tertiary/aromatic N) is 2. The third-order valence-electron chi connectivity index (χ3n) is 3.51. The van der Waals surface area contributed by atoms with Gasteiger partial charge < -0.3 is 10.1 Å². The molecule has 2 rings (SSSR count). The standard InChI is InChI=1S/C19H18ClFN4O4/c1-3-10-22-19(28)23-16(26)11-29-17(27)9-8-15-12(2)24-25(18(15)20)14-6-4-13(21)5-7-14/h3-9H,1,10-11H2,2H3,(H2,22,23,26,28)/b9-8+. The van der Waals surface area contributed by atoms with Gasteiger partial charge in [-0.2, -0.15) is 5.10 Å². The monoisotopic (exact) mass is 420 g/mol. The third-order valence-corrected chi connectivity index (χ3v) is 3.87. The van der Waals surface area contributed by atoms with Crippen molar-refractivity contribution in [3.8, 4) is 5.69 Å². The van der Waals surface area contributed by atoms with Gasteiger partial charge in [0, 0.05) is 18.2 Å². The highest BCUT2D eigenvalue weighted by atomic mass is 35.5. The van der Waals surface area contributed by atoms with Crippen LogP contribution in [0.3, 0.4) is 0 Å². The Hall–Kier alpha value is -3.46. The average molecular weight is 421 g/mol. The van der Waals surface area contributed by atoms with Crippen molar-refractivity contribution in [2.75, 3.05) is 13.2 Å². The molecule has 8 nitrogen and oxygen atoms in total. The molecule has 3 amide bonds. The van der Waals surface area contributed by atoms with Crippen LogP contribution in [0, 0.1) is 12.7 Å². The second-order valence-electron chi connectivity index (χ2n) is 5.67. The minimum atomic E-state index is -0.809. The molecule has 1 aromatic carbocycles. The van der Waals surface area contributed by atoms with E-state index in [1.807, 2.05) is 5.32 Å². The van der Waals surface area contributed by atoms with E-state index in [9.17, 15) is 18.8 Å². The number of halogens is 2. The molecule has 0 unspecified atom stereocenters. The molecular formula is C19H18ClFN4O4. The van der Waals surface area contributed by atoms with E-state index in [4.69, 9.17) is 16.3 Å². The van der Waals surface area contributed by atoms with E-state index in [2.05, 4.69) is 17.0 Å². The summed E-state index contributed by atoms with van der Waals surface area (Å²) >= 11 is 6.30. The topological polar surface area (TPSA) is 102 Å². The van der Waals surface area contributed by atoms with Gasteiger partial charge in [0.1, 0.15) is 11.0 Å². The Kier molecular flexibility index (Phi) is 7.67. The van der Waals surface area contributed by atoms with E-state index < -0.39 is 24.5 Å². The minimum Gasteiger partial charge on any atom is -0.452 e. The molecule has 1 heterocycles. The Balaban J connectivity index is 1.96. The quantitative estimate of drug-likeness (QED) is 0.407. The van der Waals surface area contributed by atoms with Crippen molar-refractivity contribution in [3.05, 3.63) is 65.2 Å². The lowest BCUT2D eigenvalue weighted by Crippen LogP contribution is -2.41. The molecule has 29 heavy (non-hydrogen) atoms. The number of rotatable bonds is 7. The van der Waals surface area contributed by atoms with Gasteiger partial charge in [-0.25, -0.2) is 18.7 Å². The zero-order valence-electron chi connectivity index (χ0n) is 15.4. The summed E-state index contributed by atoms with van der Waals surface area (Å²) in [6, 6.07) is 4.85. The van der Waals surface area contributed by atoms with E-state index in [0.717, 1.165) is 6.08 Å². The second kappa shape index (κ2) is 10.2. The SMILES string of the molecule is C=CCNC(=O)NC(=O)COC(=O)/C=C/c1c(C)nn(-c2ccc(F)cc2)c1Cl. The predicted molar refractivity (Wildman–Crippen MR) is 105 cm³/mol. The molecule has 1 aromatic heterocycles. The second-order valence-corrected chi connectivity index (χ2v) is 6.02. The van der Waals surface area contributed by atoms with Gasteiger partial charge in [0.2, 0.25) is 0 Å². The number of aromatic nitrogens is 2. The van der Waals surface area contributed by atoms with E-state index in [-0.39, 0.29) is 17.5 Å². The van der Waals surface area contributed by atoms with Gasteiger partial charge >= 0.3 is 12.0 Å². The van der Waals surface area contributed by atoms with Gasteiger partial charge in [-0.3, -0.25) is 10.1 Å². The molecule has 0 bridgehead atoms. The fourth-order valence-electron chi connectivity index (χ4n) is 2.16. The lowest BCUT2D eigenvalue weighted by Gasteiger charge is -2.04. The van der Waals surface area contributed by atoms with Crippen molar-refractivity contribution in [2.45, 2.75) is 6.92 Å². The Morgan fingerprint density at radius 1 is 1.31 bits per heavy atom. The van der Waals surface area contributed by atoms with Gasteiger partial charge in [-0.05, 0) is 37.3 Å². The van der Waals surface area contributed by atoms with Crippen LogP contribution >= 0.6 is 11.6 Å². The number of urea groups is 1. The lowest BCUT2D eigenvalue weighted by atomic mass is 10.2. The number of amides is 3. The average Bonchev–Trinajstić information content (AvgIpc) is 2.97. The van der Waals surface area contributed by atoms with E-state index in [0.29, 0.717) is 16.9 Å². The first kappa shape index (κ1) is 21.8. The highest BCUT2D eigenvalue weighted by Gasteiger charge is 2.14. The first-order valence-corrected chi connectivity index (χ1v) is 8.74. The maximum Gasteiger partial charge on any atom is 0.331 e. The normalized spacial score (nSPS) is 10.6. The lowest BCUT2D eigenvalue weighted by molar-refractivity contribution is -0.143. The fraction of sp³-hybridized carbons (Fsp3) is 0.158. The largest absolute Gasteiger partial charge is 0.452 e. The zero-order valence-corrected chi connectivity index (χ0v) is 16.2. The van der Waals surface area contributed by atoms with Crippen LogP contribution in [-0.2, 0) is 14.3 Å². The number of imide groups is 1. The summed E-state index contributed by atoms with van der Waals surface area (Å²) in [6.45, 7) is 4.66. The van der Waals surface area contributed by atoms with Crippen molar-refractivity contribution in [2.24, 2.45) is 0 Å². The summed E-state index contributed by atoms with van der Waals surface area (Å²) in [7, 11) is 0. The molecule has 0 saturated heterocycles. The van der Waals surface area contributed by atoms with Crippen molar-refractivity contribution in [1.29, 1.82) is 0 Å². The van der Waals surface area contributed by atoms with Crippen molar-refractivity contribution < 1.29 is 23.5 Å². The maximum atomic E-state index is 13.1. The molecule has 2 N–H and O–H groups in total. The van der Waals surface area contributed by atoms with Gasteiger partial charge in [0.25, 0.3) is 5.91 Å². The molecule has 0 saturated carbocycles. The van der Waals surface area contributed by atoms with Crippen LogP contribution in [0.1, 0.15) is 11.3 Å². The molecule has 0 aliphatic heterocycles. The number of hydrogen-bond donors (Lipinski definition) is 2. The van der Waals surface area contributed by atoms with Crippen molar-refractivity contribution in [3.63, 3.8) is 0 Å². The fourth-order valence-corrected chi connectivity index (χ4v) is 2.50. The molecule has 10 heteroatoms. The molecule has 0 fully saturated rings.